The SMILES string of the molecule is O=C(N[C@@H]1CCN(c2ccccc2OC(F)F)C1)c1ccncc1. The maximum absolute atomic E-state index is 12.5. The number of hydrogen-bond donors (Lipinski definition) is 1. The van der Waals surface area contributed by atoms with E-state index in [9.17, 15) is 13.6 Å². The Hall–Kier alpha value is -2.70. The molecule has 1 amide bonds. The number of benzene rings is 1. The number of alkyl halides is 2. The van der Waals surface area contributed by atoms with E-state index < -0.39 is 6.61 Å². The van der Waals surface area contributed by atoms with Crippen molar-refractivity contribution in [1.82, 2.24) is 10.3 Å². The fourth-order valence-corrected chi connectivity index (χ4v) is 2.78. The summed E-state index contributed by atoms with van der Waals surface area (Å²) in [6.07, 6.45) is 3.86. The minimum absolute atomic E-state index is 0.0507. The van der Waals surface area contributed by atoms with Crippen LogP contribution >= 0.6 is 0 Å². The lowest BCUT2D eigenvalue weighted by molar-refractivity contribution is -0.0495. The monoisotopic (exact) mass is 333 g/mol. The van der Waals surface area contributed by atoms with Gasteiger partial charge in [-0.05, 0) is 30.7 Å². The van der Waals surface area contributed by atoms with Gasteiger partial charge in [-0.3, -0.25) is 9.78 Å². The zero-order valence-electron chi connectivity index (χ0n) is 12.9. The predicted molar refractivity (Wildman–Crippen MR) is 85.4 cm³/mol. The first-order valence-electron chi connectivity index (χ1n) is 7.63. The van der Waals surface area contributed by atoms with E-state index in [1.54, 1.807) is 42.7 Å². The summed E-state index contributed by atoms with van der Waals surface area (Å²) in [5.74, 6) is -0.0185. The van der Waals surface area contributed by atoms with Crippen LogP contribution in [-0.2, 0) is 0 Å². The van der Waals surface area contributed by atoms with Crippen LogP contribution in [0.3, 0.4) is 0 Å². The molecule has 24 heavy (non-hydrogen) atoms. The van der Waals surface area contributed by atoms with Crippen molar-refractivity contribution < 1.29 is 18.3 Å². The first-order valence-corrected chi connectivity index (χ1v) is 7.63. The van der Waals surface area contributed by atoms with E-state index in [1.165, 1.54) is 6.07 Å². The van der Waals surface area contributed by atoms with Crippen LogP contribution in [0.25, 0.3) is 0 Å². The summed E-state index contributed by atoms with van der Waals surface area (Å²) in [5, 5.41) is 2.96. The molecule has 1 saturated heterocycles. The third-order valence-electron chi connectivity index (χ3n) is 3.89. The molecular formula is C17H17F2N3O2. The summed E-state index contributed by atoms with van der Waals surface area (Å²) in [6.45, 7) is -1.67. The average Bonchev–Trinajstić information content (AvgIpc) is 3.04. The van der Waals surface area contributed by atoms with E-state index in [2.05, 4.69) is 15.0 Å². The van der Waals surface area contributed by atoms with Gasteiger partial charge >= 0.3 is 6.61 Å². The minimum atomic E-state index is -2.86. The molecule has 0 radical (unpaired) electrons. The fraction of sp³-hybridized carbons (Fsp3) is 0.294. The van der Waals surface area contributed by atoms with Crippen molar-refractivity contribution >= 4 is 11.6 Å². The highest BCUT2D eigenvalue weighted by Crippen LogP contribution is 2.31. The van der Waals surface area contributed by atoms with E-state index in [0.29, 0.717) is 24.3 Å². The third-order valence-corrected chi connectivity index (χ3v) is 3.89. The highest BCUT2D eigenvalue weighted by molar-refractivity contribution is 5.94. The second-order valence-corrected chi connectivity index (χ2v) is 5.49. The molecule has 1 aliphatic rings. The Morgan fingerprint density at radius 3 is 2.75 bits per heavy atom. The van der Waals surface area contributed by atoms with Gasteiger partial charge in [0.1, 0.15) is 5.75 Å². The number of nitrogens with zero attached hydrogens (tertiary/aromatic N) is 2. The molecule has 3 rings (SSSR count). The number of carbonyl (C=O) groups excluding carboxylic acids is 1. The maximum Gasteiger partial charge on any atom is 0.387 e. The molecule has 1 fully saturated rings. The summed E-state index contributed by atoms with van der Waals surface area (Å²) in [7, 11) is 0. The molecule has 0 bridgehead atoms. The van der Waals surface area contributed by atoms with E-state index in [-0.39, 0.29) is 17.7 Å². The predicted octanol–water partition coefficient (Wildman–Crippen LogP) is 2.69. The first-order chi connectivity index (χ1) is 11.6. The molecule has 0 spiro atoms. The highest BCUT2D eigenvalue weighted by atomic mass is 19.3. The van der Waals surface area contributed by atoms with Gasteiger partial charge in [-0.1, -0.05) is 12.1 Å². The summed E-state index contributed by atoms with van der Waals surface area (Å²) in [6, 6.07) is 9.93. The smallest absolute Gasteiger partial charge is 0.387 e. The number of pyridine rings is 1. The number of rotatable bonds is 5. The van der Waals surface area contributed by atoms with Gasteiger partial charge in [0.25, 0.3) is 5.91 Å². The molecule has 0 saturated carbocycles. The molecule has 7 heteroatoms. The van der Waals surface area contributed by atoms with Gasteiger partial charge in [0.05, 0.1) is 5.69 Å². The lowest BCUT2D eigenvalue weighted by Crippen LogP contribution is -2.37. The van der Waals surface area contributed by atoms with Crippen LogP contribution < -0.4 is 15.0 Å². The summed E-state index contributed by atoms with van der Waals surface area (Å²) >= 11 is 0. The number of hydrogen-bond acceptors (Lipinski definition) is 4. The Morgan fingerprint density at radius 2 is 2.00 bits per heavy atom. The molecule has 1 aromatic heterocycles. The second-order valence-electron chi connectivity index (χ2n) is 5.49. The number of para-hydroxylation sites is 2. The number of halogens is 2. The molecule has 0 unspecified atom stereocenters. The van der Waals surface area contributed by atoms with Crippen LogP contribution in [0.4, 0.5) is 14.5 Å². The summed E-state index contributed by atoms with van der Waals surface area (Å²) in [5.41, 5.74) is 1.16. The average molecular weight is 333 g/mol. The van der Waals surface area contributed by atoms with Crippen molar-refractivity contribution in [2.24, 2.45) is 0 Å². The Morgan fingerprint density at radius 1 is 1.25 bits per heavy atom. The zero-order chi connectivity index (χ0) is 16.9. The van der Waals surface area contributed by atoms with Gasteiger partial charge in [-0.15, -0.1) is 0 Å². The van der Waals surface area contributed by atoms with Gasteiger partial charge < -0.3 is 15.0 Å². The minimum Gasteiger partial charge on any atom is -0.433 e. The Labute approximate surface area is 138 Å². The standard InChI is InChI=1S/C17H17F2N3O2/c18-17(19)24-15-4-2-1-3-14(15)22-10-7-13(11-22)21-16(23)12-5-8-20-9-6-12/h1-6,8-9,13,17H,7,10-11H2,(H,21,23)/t13-/m1/s1. The van der Waals surface area contributed by atoms with Crippen molar-refractivity contribution in [1.29, 1.82) is 0 Å². The molecule has 5 nitrogen and oxygen atoms in total. The molecule has 1 N–H and O–H groups in total. The Bertz CT molecular complexity index is 697. The molecule has 2 aromatic rings. The molecule has 2 heterocycles. The maximum atomic E-state index is 12.5. The molecule has 1 aromatic carbocycles. The number of anilines is 1. The van der Waals surface area contributed by atoms with Crippen molar-refractivity contribution in [3.8, 4) is 5.75 Å². The topological polar surface area (TPSA) is 54.5 Å². The van der Waals surface area contributed by atoms with E-state index in [4.69, 9.17) is 0 Å². The van der Waals surface area contributed by atoms with Gasteiger partial charge in [-0.2, -0.15) is 8.78 Å². The highest BCUT2D eigenvalue weighted by Gasteiger charge is 2.26. The van der Waals surface area contributed by atoms with Gasteiger partial charge in [0.15, 0.2) is 0 Å². The lowest BCUT2D eigenvalue weighted by atomic mass is 10.2. The fourth-order valence-electron chi connectivity index (χ4n) is 2.78. The van der Waals surface area contributed by atoms with Crippen molar-refractivity contribution in [2.45, 2.75) is 19.1 Å². The van der Waals surface area contributed by atoms with Crippen LogP contribution in [0.1, 0.15) is 16.8 Å². The molecule has 0 aliphatic carbocycles. The number of ether oxygens (including phenoxy) is 1. The van der Waals surface area contributed by atoms with E-state index in [0.717, 1.165) is 6.42 Å². The van der Waals surface area contributed by atoms with Crippen LogP contribution in [0.2, 0.25) is 0 Å². The van der Waals surface area contributed by atoms with Crippen LogP contribution in [-0.4, -0.2) is 36.6 Å². The third kappa shape index (κ3) is 3.79. The Kier molecular flexibility index (Phi) is 4.88. The largest absolute Gasteiger partial charge is 0.433 e. The normalized spacial score (nSPS) is 17.1. The van der Waals surface area contributed by atoms with Crippen LogP contribution in [0.15, 0.2) is 48.8 Å². The second kappa shape index (κ2) is 7.25. The summed E-state index contributed by atoms with van der Waals surface area (Å²) < 4.78 is 29.6. The number of nitrogens with one attached hydrogen (secondary N) is 1. The molecule has 1 aliphatic heterocycles. The van der Waals surface area contributed by atoms with E-state index >= 15 is 0 Å². The molecule has 1 atom stereocenters. The van der Waals surface area contributed by atoms with Crippen LogP contribution in [0.5, 0.6) is 5.75 Å². The molecular weight excluding hydrogens is 316 g/mol. The Balaban J connectivity index is 1.65. The van der Waals surface area contributed by atoms with Gasteiger partial charge in [-0.25, -0.2) is 0 Å². The van der Waals surface area contributed by atoms with Crippen molar-refractivity contribution in [3.05, 3.63) is 54.4 Å². The first kappa shape index (κ1) is 16.2. The lowest BCUT2D eigenvalue weighted by Gasteiger charge is -2.22. The van der Waals surface area contributed by atoms with Gasteiger partial charge in [0.2, 0.25) is 0 Å². The van der Waals surface area contributed by atoms with Crippen molar-refractivity contribution in [2.75, 3.05) is 18.0 Å². The quantitative estimate of drug-likeness (QED) is 0.914. The number of aromatic nitrogens is 1. The van der Waals surface area contributed by atoms with E-state index in [1.807, 2.05) is 4.90 Å². The molecule has 126 valence electrons. The van der Waals surface area contributed by atoms with Crippen LogP contribution in [0, 0.1) is 0 Å². The van der Waals surface area contributed by atoms with Gasteiger partial charge in [0, 0.05) is 37.1 Å². The van der Waals surface area contributed by atoms with Crippen molar-refractivity contribution in [3.63, 3.8) is 0 Å². The zero-order valence-corrected chi connectivity index (χ0v) is 12.9. The summed E-state index contributed by atoms with van der Waals surface area (Å²) in [4.78, 5) is 18.0. The number of amides is 1. The number of carbonyl (C=O) groups is 1.